The van der Waals surface area contributed by atoms with Gasteiger partial charge in [0, 0.05) is 18.0 Å². The molecule has 2 aromatic carbocycles. The average molecular weight is 437 g/mol. The van der Waals surface area contributed by atoms with Crippen LogP contribution in [0.1, 0.15) is 52.5 Å². The number of nitrogens with one attached hydrogen (secondary N) is 1. The van der Waals surface area contributed by atoms with Crippen LogP contribution < -0.4 is 5.32 Å². The van der Waals surface area contributed by atoms with Crippen LogP contribution in [0.5, 0.6) is 0 Å². The van der Waals surface area contributed by atoms with Crippen LogP contribution in [0.3, 0.4) is 0 Å². The van der Waals surface area contributed by atoms with Crippen LogP contribution in [0.15, 0.2) is 57.9 Å². The molecule has 6 nitrogen and oxygen atoms in total. The second-order valence-electron chi connectivity index (χ2n) is 7.81. The van der Waals surface area contributed by atoms with Crippen molar-refractivity contribution in [2.45, 2.75) is 49.9 Å². The molecule has 1 saturated heterocycles. The van der Waals surface area contributed by atoms with Crippen LogP contribution in [0.2, 0.25) is 0 Å². The van der Waals surface area contributed by atoms with E-state index in [4.69, 9.17) is 4.52 Å². The number of rotatable bonds is 8. The summed E-state index contributed by atoms with van der Waals surface area (Å²) in [6.07, 6.45) is 3.88. The lowest BCUT2D eigenvalue weighted by Gasteiger charge is -2.27. The summed E-state index contributed by atoms with van der Waals surface area (Å²) in [5.74, 6) is 1.64. The smallest absolute Gasteiger partial charge is 0.252 e. The average Bonchev–Trinajstić information content (AvgIpc) is 3.23. The van der Waals surface area contributed by atoms with Crippen molar-refractivity contribution in [2.24, 2.45) is 0 Å². The predicted octanol–water partition coefficient (Wildman–Crippen LogP) is 4.59. The maximum Gasteiger partial charge on any atom is 0.252 e. The van der Waals surface area contributed by atoms with Crippen molar-refractivity contribution in [2.75, 3.05) is 13.1 Å². The Labute approximate surface area is 187 Å². The number of aryl methyl sites for hydroxylation is 1. The highest BCUT2D eigenvalue weighted by molar-refractivity contribution is 7.98. The normalized spacial score (nSPS) is 14.5. The third kappa shape index (κ3) is 5.95. The molecule has 162 valence electrons. The first-order chi connectivity index (χ1) is 15.2. The van der Waals surface area contributed by atoms with Gasteiger partial charge in [0.15, 0.2) is 5.82 Å². The largest absolute Gasteiger partial charge is 0.348 e. The number of likely N-dealkylation sites (tertiary alicyclic amines) is 1. The summed E-state index contributed by atoms with van der Waals surface area (Å²) in [5.41, 5.74) is 3.13. The fourth-order valence-electron chi connectivity index (χ4n) is 3.83. The van der Waals surface area contributed by atoms with Gasteiger partial charge in [-0.25, -0.2) is 0 Å². The second kappa shape index (κ2) is 10.6. The van der Waals surface area contributed by atoms with Gasteiger partial charge in [-0.3, -0.25) is 9.69 Å². The Morgan fingerprint density at radius 1 is 1.06 bits per heavy atom. The zero-order valence-corrected chi connectivity index (χ0v) is 18.7. The number of amides is 1. The number of hydrogen-bond donors (Lipinski definition) is 1. The van der Waals surface area contributed by atoms with Gasteiger partial charge in [-0.1, -0.05) is 48.0 Å². The van der Waals surface area contributed by atoms with Crippen molar-refractivity contribution in [3.8, 4) is 0 Å². The van der Waals surface area contributed by atoms with Crippen molar-refractivity contribution < 1.29 is 9.32 Å². The lowest BCUT2D eigenvalue weighted by atomic mass is 10.0. The van der Waals surface area contributed by atoms with Crippen LogP contribution >= 0.6 is 11.8 Å². The molecule has 1 aromatic heterocycles. The maximum atomic E-state index is 13.0. The number of carbonyl (C=O) groups excluding carboxylic acids is 1. The van der Waals surface area contributed by atoms with Crippen molar-refractivity contribution >= 4 is 17.7 Å². The molecule has 1 N–H and O–H groups in total. The van der Waals surface area contributed by atoms with E-state index in [2.05, 4.69) is 38.6 Å². The third-order valence-electron chi connectivity index (χ3n) is 5.45. The summed E-state index contributed by atoms with van der Waals surface area (Å²) >= 11 is 1.53. The predicted molar refractivity (Wildman–Crippen MR) is 122 cm³/mol. The van der Waals surface area contributed by atoms with Gasteiger partial charge in [0.1, 0.15) is 0 Å². The molecular formula is C24H28N4O2S. The number of thioether (sulfide) groups is 1. The minimum absolute atomic E-state index is 0.0717. The fourth-order valence-corrected chi connectivity index (χ4v) is 4.72. The van der Waals surface area contributed by atoms with E-state index >= 15 is 0 Å². The van der Waals surface area contributed by atoms with Gasteiger partial charge in [0.25, 0.3) is 5.91 Å². The zero-order chi connectivity index (χ0) is 21.5. The standard InChI is InChI=1S/C24H28N4O2S/c1-18-26-23(30-27-18)17-31-22-12-6-5-11-21(22)24(29)25-15-19-9-3-4-10-20(19)16-28-13-7-2-8-14-28/h3-6,9-12H,2,7-8,13-17H2,1H3,(H,25,29). The van der Waals surface area contributed by atoms with Gasteiger partial charge in [-0.2, -0.15) is 4.98 Å². The quantitative estimate of drug-likeness (QED) is 0.521. The van der Waals surface area contributed by atoms with Gasteiger partial charge in [0.05, 0.1) is 11.3 Å². The number of carbonyl (C=O) groups is 1. The second-order valence-corrected chi connectivity index (χ2v) is 8.83. The highest BCUT2D eigenvalue weighted by atomic mass is 32.2. The first-order valence-corrected chi connectivity index (χ1v) is 11.8. The van der Waals surface area contributed by atoms with Crippen molar-refractivity contribution in [3.05, 3.63) is 76.9 Å². The van der Waals surface area contributed by atoms with Crippen LogP contribution in [0, 0.1) is 6.92 Å². The van der Waals surface area contributed by atoms with Crippen LogP contribution in [0.4, 0.5) is 0 Å². The first kappa shape index (κ1) is 21.6. The SMILES string of the molecule is Cc1noc(CSc2ccccc2C(=O)NCc2ccccc2CN2CCCCC2)n1. The Balaban J connectivity index is 1.39. The summed E-state index contributed by atoms with van der Waals surface area (Å²) in [6.45, 7) is 5.57. The Kier molecular flexibility index (Phi) is 7.38. The number of piperidine rings is 1. The van der Waals surface area contributed by atoms with E-state index in [1.807, 2.05) is 30.3 Å². The number of nitrogens with zero attached hydrogens (tertiary/aromatic N) is 3. The summed E-state index contributed by atoms with van der Waals surface area (Å²) < 4.78 is 5.18. The fraction of sp³-hybridized carbons (Fsp3) is 0.375. The molecule has 0 unspecified atom stereocenters. The Bertz CT molecular complexity index is 1010. The molecule has 1 aliphatic heterocycles. The minimum Gasteiger partial charge on any atom is -0.348 e. The van der Waals surface area contributed by atoms with Gasteiger partial charge >= 0.3 is 0 Å². The van der Waals surface area contributed by atoms with Gasteiger partial charge in [0.2, 0.25) is 5.89 Å². The highest BCUT2D eigenvalue weighted by Crippen LogP contribution is 2.26. The lowest BCUT2D eigenvalue weighted by molar-refractivity contribution is 0.0947. The molecule has 1 amide bonds. The lowest BCUT2D eigenvalue weighted by Crippen LogP contribution is -2.30. The van der Waals surface area contributed by atoms with E-state index in [1.165, 1.54) is 42.2 Å². The van der Waals surface area contributed by atoms with Gasteiger partial charge < -0.3 is 9.84 Å². The first-order valence-electron chi connectivity index (χ1n) is 10.8. The summed E-state index contributed by atoms with van der Waals surface area (Å²) in [5, 5.41) is 6.93. The third-order valence-corrected chi connectivity index (χ3v) is 6.51. The monoisotopic (exact) mass is 436 g/mol. The van der Waals surface area contributed by atoms with E-state index in [0.29, 0.717) is 29.6 Å². The topological polar surface area (TPSA) is 71.3 Å². The highest BCUT2D eigenvalue weighted by Gasteiger charge is 2.15. The van der Waals surface area contributed by atoms with E-state index in [-0.39, 0.29) is 5.91 Å². The van der Waals surface area contributed by atoms with Crippen molar-refractivity contribution in [1.82, 2.24) is 20.4 Å². The molecule has 2 heterocycles. The molecule has 0 bridgehead atoms. The Morgan fingerprint density at radius 2 is 1.81 bits per heavy atom. The van der Waals surface area contributed by atoms with Gasteiger partial charge in [-0.15, -0.1) is 11.8 Å². The molecule has 0 saturated carbocycles. The summed E-state index contributed by atoms with van der Waals surface area (Å²) in [4.78, 5) is 20.6. The Morgan fingerprint density at radius 3 is 2.58 bits per heavy atom. The van der Waals surface area contributed by atoms with E-state index in [0.717, 1.165) is 24.5 Å². The molecule has 1 fully saturated rings. The van der Waals surface area contributed by atoms with Crippen LogP contribution in [-0.2, 0) is 18.8 Å². The molecule has 0 spiro atoms. The number of hydrogen-bond acceptors (Lipinski definition) is 6. The van der Waals surface area contributed by atoms with Crippen molar-refractivity contribution in [3.63, 3.8) is 0 Å². The summed E-state index contributed by atoms with van der Waals surface area (Å²) in [7, 11) is 0. The van der Waals surface area contributed by atoms with Gasteiger partial charge in [-0.05, 0) is 56.1 Å². The molecule has 0 aliphatic carbocycles. The summed E-state index contributed by atoms with van der Waals surface area (Å²) in [6, 6.07) is 16.0. The molecule has 7 heteroatoms. The molecular weight excluding hydrogens is 408 g/mol. The molecule has 0 atom stereocenters. The molecule has 4 rings (SSSR count). The van der Waals surface area contributed by atoms with Crippen LogP contribution in [0.25, 0.3) is 0 Å². The van der Waals surface area contributed by atoms with E-state index < -0.39 is 0 Å². The maximum absolute atomic E-state index is 13.0. The van der Waals surface area contributed by atoms with E-state index in [9.17, 15) is 4.79 Å². The van der Waals surface area contributed by atoms with Crippen molar-refractivity contribution in [1.29, 1.82) is 0 Å². The number of aromatic nitrogens is 2. The van der Waals surface area contributed by atoms with Crippen LogP contribution in [-0.4, -0.2) is 34.0 Å². The molecule has 0 radical (unpaired) electrons. The Hall–Kier alpha value is -2.64. The minimum atomic E-state index is -0.0717. The van der Waals surface area contributed by atoms with E-state index in [1.54, 1.807) is 6.92 Å². The number of benzene rings is 2. The zero-order valence-electron chi connectivity index (χ0n) is 17.8. The molecule has 3 aromatic rings. The molecule has 31 heavy (non-hydrogen) atoms. The molecule has 1 aliphatic rings.